The van der Waals surface area contributed by atoms with E-state index in [9.17, 15) is 0 Å². The molecule has 4 heteroatoms. The Morgan fingerprint density at radius 1 is 1.44 bits per heavy atom. The van der Waals surface area contributed by atoms with Crippen LogP contribution in [0, 0.1) is 0 Å². The molecule has 0 amide bonds. The van der Waals surface area contributed by atoms with Crippen molar-refractivity contribution in [1.82, 2.24) is 14.5 Å². The predicted molar refractivity (Wildman–Crippen MR) is 67.6 cm³/mol. The first-order chi connectivity index (χ1) is 7.86. The average molecular weight is 233 g/mol. The third-order valence-electron chi connectivity index (χ3n) is 3.13. The molecule has 3 rings (SSSR count). The quantitative estimate of drug-likeness (QED) is 0.758. The zero-order valence-electron chi connectivity index (χ0n) is 9.39. The molecule has 3 heterocycles. The maximum atomic E-state index is 4.72. The van der Waals surface area contributed by atoms with Crippen LogP contribution in [0.1, 0.15) is 30.3 Å². The van der Waals surface area contributed by atoms with Gasteiger partial charge in [-0.2, -0.15) is 11.8 Å². The summed E-state index contributed by atoms with van der Waals surface area (Å²) in [7, 11) is 2.08. The number of aromatic nitrogens is 3. The van der Waals surface area contributed by atoms with E-state index in [4.69, 9.17) is 4.98 Å². The predicted octanol–water partition coefficient (Wildman–Crippen LogP) is 2.93. The summed E-state index contributed by atoms with van der Waals surface area (Å²) in [5.41, 5.74) is 2.02. The molecule has 0 aromatic carbocycles. The molecule has 1 aliphatic rings. The number of pyridine rings is 1. The largest absolute Gasteiger partial charge is 0.315 e. The lowest BCUT2D eigenvalue weighted by atomic mass is 10.2. The van der Waals surface area contributed by atoms with Crippen LogP contribution >= 0.6 is 11.8 Å². The van der Waals surface area contributed by atoms with Crippen molar-refractivity contribution >= 4 is 22.9 Å². The molecule has 1 atom stereocenters. The molecular weight excluding hydrogens is 218 g/mol. The minimum Gasteiger partial charge on any atom is -0.315 e. The van der Waals surface area contributed by atoms with E-state index in [0.29, 0.717) is 5.25 Å². The number of thioether (sulfide) groups is 1. The molecule has 3 nitrogen and oxygen atoms in total. The second-order valence-electron chi connectivity index (χ2n) is 4.23. The lowest BCUT2D eigenvalue weighted by Crippen LogP contribution is -2.08. The highest BCUT2D eigenvalue weighted by Crippen LogP contribution is 2.38. The van der Waals surface area contributed by atoms with Gasteiger partial charge in [-0.15, -0.1) is 0 Å². The Kier molecular flexibility index (Phi) is 2.59. The molecule has 1 saturated heterocycles. The van der Waals surface area contributed by atoms with Gasteiger partial charge in [0, 0.05) is 13.2 Å². The van der Waals surface area contributed by atoms with E-state index in [1.165, 1.54) is 30.8 Å². The Labute approximate surface area is 99.3 Å². The van der Waals surface area contributed by atoms with Gasteiger partial charge >= 0.3 is 0 Å². The van der Waals surface area contributed by atoms with E-state index in [2.05, 4.69) is 16.6 Å². The molecule has 0 bridgehead atoms. The number of fused-ring (bicyclic) bond motifs is 1. The molecule has 1 aliphatic heterocycles. The number of nitrogens with zero attached hydrogens (tertiary/aromatic N) is 3. The van der Waals surface area contributed by atoms with Crippen molar-refractivity contribution < 1.29 is 0 Å². The monoisotopic (exact) mass is 233 g/mol. The zero-order valence-corrected chi connectivity index (χ0v) is 10.2. The van der Waals surface area contributed by atoms with E-state index in [-0.39, 0.29) is 0 Å². The molecule has 16 heavy (non-hydrogen) atoms. The van der Waals surface area contributed by atoms with Crippen LogP contribution in [0.25, 0.3) is 11.2 Å². The van der Waals surface area contributed by atoms with Gasteiger partial charge in [0.15, 0.2) is 5.65 Å². The fourth-order valence-corrected chi connectivity index (χ4v) is 3.62. The lowest BCUT2D eigenvalue weighted by molar-refractivity contribution is 0.645. The van der Waals surface area contributed by atoms with Gasteiger partial charge in [-0.05, 0) is 30.7 Å². The summed E-state index contributed by atoms with van der Waals surface area (Å²) in [6.45, 7) is 0. The summed E-state index contributed by atoms with van der Waals surface area (Å²) in [6, 6.07) is 3.99. The van der Waals surface area contributed by atoms with Crippen molar-refractivity contribution in [1.29, 1.82) is 0 Å². The van der Waals surface area contributed by atoms with Crippen molar-refractivity contribution in [3.63, 3.8) is 0 Å². The topological polar surface area (TPSA) is 30.7 Å². The van der Waals surface area contributed by atoms with Gasteiger partial charge in [0.25, 0.3) is 0 Å². The average Bonchev–Trinajstić information content (AvgIpc) is 2.69. The smallest absolute Gasteiger partial charge is 0.159 e. The Balaban J connectivity index is 2.05. The van der Waals surface area contributed by atoms with Crippen LogP contribution in [-0.4, -0.2) is 20.3 Å². The van der Waals surface area contributed by atoms with Gasteiger partial charge in [-0.1, -0.05) is 6.42 Å². The molecule has 0 spiro atoms. The van der Waals surface area contributed by atoms with Crippen LogP contribution in [0.15, 0.2) is 18.3 Å². The van der Waals surface area contributed by atoms with Crippen molar-refractivity contribution in [3.8, 4) is 0 Å². The summed E-state index contributed by atoms with van der Waals surface area (Å²) in [4.78, 5) is 9.10. The highest BCUT2D eigenvalue weighted by molar-refractivity contribution is 7.99. The van der Waals surface area contributed by atoms with Crippen LogP contribution in [-0.2, 0) is 7.05 Å². The summed E-state index contributed by atoms with van der Waals surface area (Å²) >= 11 is 2.03. The minimum absolute atomic E-state index is 0.563. The molecule has 2 aromatic heterocycles. The van der Waals surface area contributed by atoms with Gasteiger partial charge < -0.3 is 4.57 Å². The fraction of sp³-hybridized carbons (Fsp3) is 0.500. The Morgan fingerprint density at radius 3 is 3.12 bits per heavy atom. The molecular formula is C12H15N3S. The summed E-state index contributed by atoms with van der Waals surface area (Å²) < 4.78 is 2.15. The summed E-state index contributed by atoms with van der Waals surface area (Å²) in [5, 5.41) is 0.563. The number of rotatable bonds is 1. The maximum absolute atomic E-state index is 4.72. The normalized spacial score (nSPS) is 21.4. The zero-order chi connectivity index (χ0) is 11.0. The van der Waals surface area contributed by atoms with Gasteiger partial charge in [-0.25, -0.2) is 9.97 Å². The third-order valence-corrected chi connectivity index (χ3v) is 4.50. The molecule has 0 radical (unpaired) electrons. The van der Waals surface area contributed by atoms with Crippen LogP contribution in [0.4, 0.5) is 0 Å². The minimum atomic E-state index is 0.563. The van der Waals surface area contributed by atoms with E-state index in [0.717, 1.165) is 11.2 Å². The van der Waals surface area contributed by atoms with Gasteiger partial charge in [0.05, 0.1) is 5.25 Å². The van der Waals surface area contributed by atoms with E-state index < -0.39 is 0 Å². The van der Waals surface area contributed by atoms with Gasteiger partial charge in [-0.3, -0.25) is 0 Å². The molecule has 1 unspecified atom stereocenters. The standard InChI is InChI=1S/C12H15N3S/c1-15-11-9(5-4-7-13-11)14-12(15)10-6-2-3-8-16-10/h4-5,7,10H,2-3,6,8H2,1H3. The highest BCUT2D eigenvalue weighted by Gasteiger charge is 2.21. The van der Waals surface area contributed by atoms with Crippen LogP contribution < -0.4 is 0 Å². The first-order valence-electron chi connectivity index (χ1n) is 5.75. The number of hydrogen-bond donors (Lipinski definition) is 0. The SMILES string of the molecule is Cn1c(C2CCCCS2)nc2cccnc21. The lowest BCUT2D eigenvalue weighted by Gasteiger charge is -2.20. The summed E-state index contributed by atoms with van der Waals surface area (Å²) in [6.07, 6.45) is 5.77. The van der Waals surface area contributed by atoms with Crippen molar-refractivity contribution in [2.24, 2.45) is 7.05 Å². The Bertz CT molecular complexity index is 500. The molecule has 0 N–H and O–H groups in total. The van der Waals surface area contributed by atoms with E-state index in [1.54, 1.807) is 0 Å². The van der Waals surface area contributed by atoms with Crippen molar-refractivity contribution in [2.45, 2.75) is 24.5 Å². The Morgan fingerprint density at radius 2 is 2.38 bits per heavy atom. The first-order valence-corrected chi connectivity index (χ1v) is 6.80. The summed E-state index contributed by atoms with van der Waals surface area (Å²) in [5.74, 6) is 2.46. The number of hydrogen-bond acceptors (Lipinski definition) is 3. The highest BCUT2D eigenvalue weighted by atomic mass is 32.2. The number of imidazole rings is 1. The molecule has 0 saturated carbocycles. The van der Waals surface area contributed by atoms with Gasteiger partial charge in [0.1, 0.15) is 11.3 Å². The molecule has 0 aliphatic carbocycles. The Hall–Kier alpha value is -1.03. The van der Waals surface area contributed by atoms with Crippen molar-refractivity contribution in [2.75, 3.05) is 5.75 Å². The first kappa shape index (κ1) is 10.1. The fourth-order valence-electron chi connectivity index (χ4n) is 2.27. The second kappa shape index (κ2) is 4.09. The van der Waals surface area contributed by atoms with Crippen molar-refractivity contribution in [3.05, 3.63) is 24.2 Å². The molecule has 84 valence electrons. The second-order valence-corrected chi connectivity index (χ2v) is 5.54. The third kappa shape index (κ3) is 1.61. The van der Waals surface area contributed by atoms with Crippen LogP contribution in [0.3, 0.4) is 0 Å². The molecule has 2 aromatic rings. The van der Waals surface area contributed by atoms with Crippen LogP contribution in [0.5, 0.6) is 0 Å². The van der Waals surface area contributed by atoms with Crippen LogP contribution in [0.2, 0.25) is 0 Å². The van der Waals surface area contributed by atoms with Gasteiger partial charge in [0.2, 0.25) is 0 Å². The van der Waals surface area contributed by atoms with E-state index in [1.807, 2.05) is 30.1 Å². The molecule has 1 fully saturated rings. The van der Waals surface area contributed by atoms with E-state index >= 15 is 0 Å². The maximum Gasteiger partial charge on any atom is 0.159 e. The number of aryl methyl sites for hydroxylation is 1.